The van der Waals surface area contributed by atoms with E-state index < -0.39 is 0 Å². The van der Waals surface area contributed by atoms with E-state index in [2.05, 4.69) is 6.58 Å². The molecule has 0 saturated carbocycles. The van der Waals surface area contributed by atoms with Crippen molar-refractivity contribution in [2.75, 3.05) is 0 Å². The summed E-state index contributed by atoms with van der Waals surface area (Å²) in [6.07, 6.45) is 2.31. The Morgan fingerprint density at radius 2 is 2.08 bits per heavy atom. The number of hydrogen-bond donors (Lipinski definition) is 2. The molecular formula is C10H12ClNO. The van der Waals surface area contributed by atoms with Crippen LogP contribution in [0.2, 0.25) is 5.02 Å². The monoisotopic (exact) mass is 197 g/mol. The molecule has 2 nitrogen and oxygen atoms in total. The van der Waals surface area contributed by atoms with Crippen LogP contribution in [0.3, 0.4) is 0 Å². The maximum absolute atomic E-state index is 9.66. The number of benzene rings is 1. The van der Waals surface area contributed by atoms with Gasteiger partial charge in [-0.25, -0.2) is 0 Å². The van der Waals surface area contributed by atoms with Crippen molar-refractivity contribution in [1.29, 1.82) is 0 Å². The van der Waals surface area contributed by atoms with Gasteiger partial charge in [-0.15, -0.1) is 6.58 Å². The highest BCUT2D eigenvalue weighted by atomic mass is 35.5. The van der Waals surface area contributed by atoms with Gasteiger partial charge in [0.05, 0.1) is 0 Å². The first-order valence-corrected chi connectivity index (χ1v) is 4.38. The molecule has 0 aromatic heterocycles. The second kappa shape index (κ2) is 4.30. The molecule has 3 N–H and O–H groups in total. The van der Waals surface area contributed by atoms with Gasteiger partial charge in [0.1, 0.15) is 5.75 Å². The van der Waals surface area contributed by atoms with Crippen LogP contribution < -0.4 is 5.73 Å². The topological polar surface area (TPSA) is 46.2 Å². The zero-order chi connectivity index (χ0) is 9.84. The Balaban J connectivity index is 3.18. The smallest absolute Gasteiger partial charge is 0.123 e. The number of rotatable bonds is 3. The van der Waals surface area contributed by atoms with Crippen molar-refractivity contribution in [3.05, 3.63) is 40.9 Å². The van der Waals surface area contributed by atoms with Crippen molar-refractivity contribution >= 4 is 11.6 Å². The van der Waals surface area contributed by atoms with E-state index in [9.17, 15) is 5.11 Å². The quantitative estimate of drug-likeness (QED) is 0.730. The number of nitrogens with two attached hydrogens (primary N) is 1. The van der Waals surface area contributed by atoms with Crippen LogP contribution in [0.25, 0.3) is 0 Å². The number of allylic oxidation sites excluding steroid dienone is 1. The summed E-state index contributed by atoms with van der Waals surface area (Å²) in [7, 11) is 0. The summed E-state index contributed by atoms with van der Waals surface area (Å²) >= 11 is 5.84. The van der Waals surface area contributed by atoms with Crippen LogP contribution in [0.4, 0.5) is 0 Å². The first-order valence-electron chi connectivity index (χ1n) is 4.00. The van der Waals surface area contributed by atoms with Crippen LogP contribution in [0.15, 0.2) is 24.8 Å². The predicted molar refractivity (Wildman–Crippen MR) is 54.9 cm³/mol. The second-order valence-electron chi connectivity index (χ2n) is 2.77. The number of phenols is 1. The molecule has 0 heterocycles. The first kappa shape index (κ1) is 10.1. The molecule has 0 spiro atoms. The second-order valence-corrected chi connectivity index (χ2v) is 3.21. The Bertz CT molecular complexity index is 323. The van der Waals surface area contributed by atoms with E-state index >= 15 is 0 Å². The standard InChI is InChI=1S/C10H12ClNO/c1-2-3-7-4-9(11)5-8(6-12)10(7)13/h2,4-5,13H,1,3,6,12H2. The lowest BCUT2D eigenvalue weighted by molar-refractivity contribution is 0.463. The van der Waals surface area contributed by atoms with Crippen molar-refractivity contribution in [2.45, 2.75) is 13.0 Å². The largest absolute Gasteiger partial charge is 0.507 e. The Morgan fingerprint density at radius 3 is 2.62 bits per heavy atom. The molecule has 1 aromatic carbocycles. The summed E-state index contributed by atoms with van der Waals surface area (Å²) < 4.78 is 0. The van der Waals surface area contributed by atoms with E-state index in [1.807, 2.05) is 0 Å². The van der Waals surface area contributed by atoms with Crippen molar-refractivity contribution in [1.82, 2.24) is 0 Å². The third-order valence-electron chi connectivity index (χ3n) is 1.82. The van der Waals surface area contributed by atoms with Gasteiger partial charge in [-0.2, -0.15) is 0 Å². The molecule has 1 rings (SSSR count). The molecule has 1 aromatic rings. The fourth-order valence-electron chi connectivity index (χ4n) is 1.18. The minimum atomic E-state index is 0.229. The van der Waals surface area contributed by atoms with Gasteiger partial charge in [-0.05, 0) is 24.1 Å². The van der Waals surface area contributed by atoms with Gasteiger partial charge in [0.2, 0.25) is 0 Å². The number of hydrogen-bond acceptors (Lipinski definition) is 2. The summed E-state index contributed by atoms with van der Waals surface area (Å²) in [6.45, 7) is 3.89. The third-order valence-corrected chi connectivity index (χ3v) is 2.03. The third kappa shape index (κ3) is 2.23. The first-order chi connectivity index (χ1) is 6.19. The molecule has 0 fully saturated rings. The SMILES string of the molecule is C=CCc1cc(Cl)cc(CN)c1O. The molecular weight excluding hydrogens is 186 g/mol. The van der Waals surface area contributed by atoms with E-state index in [4.69, 9.17) is 17.3 Å². The summed E-state index contributed by atoms with van der Waals surface area (Å²) in [5, 5.41) is 10.3. The summed E-state index contributed by atoms with van der Waals surface area (Å²) in [5.74, 6) is 0.229. The van der Waals surface area contributed by atoms with Crippen LogP contribution in [0.5, 0.6) is 5.75 Å². The zero-order valence-corrected chi connectivity index (χ0v) is 8.01. The van der Waals surface area contributed by atoms with E-state index in [0.717, 1.165) is 5.56 Å². The van der Waals surface area contributed by atoms with Crippen molar-refractivity contribution in [3.8, 4) is 5.75 Å². The van der Waals surface area contributed by atoms with Gasteiger partial charge in [-0.3, -0.25) is 0 Å². The Kier molecular flexibility index (Phi) is 3.34. The molecule has 0 aliphatic carbocycles. The molecule has 0 amide bonds. The molecule has 3 heteroatoms. The van der Waals surface area contributed by atoms with Gasteiger partial charge in [-0.1, -0.05) is 17.7 Å². The average Bonchev–Trinajstić information content (AvgIpc) is 2.11. The van der Waals surface area contributed by atoms with Crippen LogP contribution in [-0.4, -0.2) is 5.11 Å². The molecule has 0 atom stereocenters. The number of phenolic OH excluding ortho intramolecular Hbond substituents is 1. The van der Waals surface area contributed by atoms with Crippen LogP contribution in [-0.2, 0) is 13.0 Å². The Hall–Kier alpha value is -0.990. The van der Waals surface area contributed by atoms with Crippen molar-refractivity contribution in [2.24, 2.45) is 5.73 Å². The molecule has 0 aliphatic heterocycles. The van der Waals surface area contributed by atoms with Gasteiger partial charge >= 0.3 is 0 Å². The summed E-state index contributed by atoms with van der Waals surface area (Å²) in [6, 6.07) is 3.39. The summed E-state index contributed by atoms with van der Waals surface area (Å²) in [5.41, 5.74) is 6.88. The predicted octanol–water partition coefficient (Wildman–Crippen LogP) is 2.23. The van der Waals surface area contributed by atoms with Crippen LogP contribution >= 0.6 is 11.6 Å². The lowest BCUT2D eigenvalue weighted by Gasteiger charge is -2.07. The average molecular weight is 198 g/mol. The van der Waals surface area contributed by atoms with Crippen LogP contribution in [0, 0.1) is 0 Å². The highest BCUT2D eigenvalue weighted by Gasteiger charge is 2.06. The normalized spacial score (nSPS) is 10.0. The molecule has 0 radical (unpaired) electrons. The number of aromatic hydroxyl groups is 1. The Morgan fingerprint density at radius 1 is 1.46 bits per heavy atom. The minimum Gasteiger partial charge on any atom is -0.507 e. The van der Waals surface area contributed by atoms with E-state index in [-0.39, 0.29) is 12.3 Å². The molecule has 0 unspecified atom stereocenters. The zero-order valence-electron chi connectivity index (χ0n) is 7.26. The van der Waals surface area contributed by atoms with Crippen molar-refractivity contribution < 1.29 is 5.11 Å². The maximum atomic E-state index is 9.66. The molecule has 0 saturated heterocycles. The molecule has 70 valence electrons. The summed E-state index contributed by atoms with van der Waals surface area (Å²) in [4.78, 5) is 0. The highest BCUT2D eigenvalue weighted by molar-refractivity contribution is 6.30. The highest BCUT2D eigenvalue weighted by Crippen LogP contribution is 2.27. The fraction of sp³-hybridized carbons (Fsp3) is 0.200. The Labute approximate surface area is 82.6 Å². The van der Waals surface area contributed by atoms with Gasteiger partial charge in [0.25, 0.3) is 0 Å². The lowest BCUT2D eigenvalue weighted by atomic mass is 10.1. The van der Waals surface area contributed by atoms with E-state index in [0.29, 0.717) is 17.0 Å². The lowest BCUT2D eigenvalue weighted by Crippen LogP contribution is -1.98. The molecule has 0 aliphatic rings. The van der Waals surface area contributed by atoms with E-state index in [1.165, 1.54) is 0 Å². The van der Waals surface area contributed by atoms with E-state index in [1.54, 1.807) is 18.2 Å². The number of halogens is 1. The fourth-order valence-corrected chi connectivity index (χ4v) is 1.45. The van der Waals surface area contributed by atoms with Gasteiger partial charge < -0.3 is 10.8 Å². The van der Waals surface area contributed by atoms with Gasteiger partial charge in [0.15, 0.2) is 0 Å². The van der Waals surface area contributed by atoms with Crippen LogP contribution in [0.1, 0.15) is 11.1 Å². The maximum Gasteiger partial charge on any atom is 0.123 e. The molecule has 13 heavy (non-hydrogen) atoms. The van der Waals surface area contributed by atoms with Gasteiger partial charge in [0, 0.05) is 17.1 Å². The molecule has 0 bridgehead atoms. The van der Waals surface area contributed by atoms with Crippen molar-refractivity contribution in [3.63, 3.8) is 0 Å². The minimum absolute atomic E-state index is 0.229.